The van der Waals surface area contributed by atoms with E-state index < -0.39 is 40.4 Å². The van der Waals surface area contributed by atoms with Crippen LogP contribution in [0.4, 0.5) is 26.3 Å². The van der Waals surface area contributed by atoms with Crippen LogP contribution in [0.3, 0.4) is 0 Å². The lowest BCUT2D eigenvalue weighted by Crippen LogP contribution is -2.54. The molecule has 0 amide bonds. The summed E-state index contributed by atoms with van der Waals surface area (Å²) in [6.07, 6.45) is -10.9. The molecule has 10 rings (SSSR count). The van der Waals surface area contributed by atoms with E-state index >= 15 is 0 Å². The zero-order valence-electron chi connectivity index (χ0n) is 35.6. The van der Waals surface area contributed by atoms with Gasteiger partial charge in [0.05, 0.1) is 0 Å². The number of benzene rings is 10. The van der Waals surface area contributed by atoms with Gasteiger partial charge in [0, 0.05) is 28.7 Å². The first kappa shape index (κ1) is 46.2. The van der Waals surface area contributed by atoms with Crippen molar-refractivity contribution in [2.24, 2.45) is 0 Å². The Morgan fingerprint density at radius 3 is 0.897 bits per heavy atom. The fourth-order valence-electron chi connectivity index (χ4n) is 8.65. The van der Waals surface area contributed by atoms with Gasteiger partial charge in [-0.3, -0.25) is 0 Å². The average Bonchev–Trinajstić information content (AvgIpc) is 3.32. The molecule has 6 nitrogen and oxygen atoms in total. The molecule has 0 spiro atoms. The van der Waals surface area contributed by atoms with E-state index in [2.05, 4.69) is 0 Å². The molecular formula is C56H40F6O6. The first-order chi connectivity index (χ1) is 32.5. The van der Waals surface area contributed by atoms with Gasteiger partial charge in [-0.25, -0.2) is 0 Å². The summed E-state index contributed by atoms with van der Waals surface area (Å²) in [4.78, 5) is 0. The van der Waals surface area contributed by atoms with Crippen molar-refractivity contribution in [3.63, 3.8) is 0 Å². The maximum Gasteiger partial charge on any atom is 0.411 e. The summed E-state index contributed by atoms with van der Waals surface area (Å²) in [5, 5.41) is 68.0. The lowest BCUT2D eigenvalue weighted by atomic mass is 9.73. The largest absolute Gasteiger partial charge is 0.508 e. The van der Waals surface area contributed by atoms with Crippen molar-refractivity contribution >= 4 is 43.1 Å². The number of hydrogen-bond donors (Lipinski definition) is 6. The number of halogens is 6. The van der Waals surface area contributed by atoms with E-state index in [-0.39, 0.29) is 23.0 Å². The summed E-state index contributed by atoms with van der Waals surface area (Å²) in [5.74, 6) is -0.0572. The monoisotopic (exact) mass is 922 g/mol. The lowest BCUT2D eigenvalue weighted by molar-refractivity contribution is -0.288. The van der Waals surface area contributed by atoms with Gasteiger partial charge in [-0.05, 0) is 103 Å². The molecule has 342 valence electrons. The van der Waals surface area contributed by atoms with Crippen LogP contribution in [0.1, 0.15) is 22.3 Å². The predicted molar refractivity (Wildman–Crippen MR) is 253 cm³/mol. The summed E-state index contributed by atoms with van der Waals surface area (Å²) in [7, 11) is 0. The van der Waals surface area contributed by atoms with Gasteiger partial charge in [0.15, 0.2) is 0 Å². The van der Waals surface area contributed by atoms with Crippen LogP contribution in [0.5, 0.6) is 34.5 Å². The van der Waals surface area contributed by atoms with Crippen molar-refractivity contribution in [1.29, 1.82) is 0 Å². The van der Waals surface area contributed by atoms with Crippen molar-refractivity contribution in [3.05, 3.63) is 216 Å². The summed E-state index contributed by atoms with van der Waals surface area (Å²) in [6.45, 7) is 0. The highest BCUT2D eigenvalue weighted by atomic mass is 19.4. The maximum absolute atomic E-state index is 13.6. The molecule has 0 aliphatic heterocycles. The number of aromatic hydroxyl groups is 6. The molecule has 0 fully saturated rings. The standard InChI is InChI=1S/C21H16O2.C20H14O2.C15H10F6O2/c22-20-11-9-14-5-1-3-7-16(14)18(20)13-19-17-8-4-2-6-15(17)10-12-21(19)23;21-17-11-9-13-5-1-3-7-15(13)19(17)20-16-8-4-2-6-14(16)10-12-18(20)22;16-14(17,18)13(15(19,20)21,9-1-5-11(22)6-2-9)10-3-7-12(23)8-4-10/h1-12,22-23H,13H2;1-12,21-22H;1-8,22-23H. The summed E-state index contributed by atoms with van der Waals surface area (Å²) >= 11 is 0. The minimum absolute atomic E-state index is 0.172. The molecule has 10 aromatic rings. The van der Waals surface area contributed by atoms with Crippen LogP contribution in [0.15, 0.2) is 194 Å². The zero-order chi connectivity index (χ0) is 48.4. The molecule has 0 aromatic heterocycles. The number of phenols is 6. The third kappa shape index (κ3) is 8.71. The normalized spacial score (nSPS) is 11.8. The van der Waals surface area contributed by atoms with Crippen molar-refractivity contribution in [3.8, 4) is 45.6 Å². The highest BCUT2D eigenvalue weighted by Gasteiger charge is 2.72. The van der Waals surface area contributed by atoms with E-state index in [9.17, 15) is 46.8 Å². The molecule has 6 N–H and O–H groups in total. The Hall–Kier alpha value is -8.38. The van der Waals surface area contributed by atoms with Gasteiger partial charge in [0.25, 0.3) is 0 Å². The Balaban J connectivity index is 0.000000138. The second kappa shape index (κ2) is 18.5. The van der Waals surface area contributed by atoms with Crippen LogP contribution in [0, 0.1) is 0 Å². The van der Waals surface area contributed by atoms with Gasteiger partial charge in [0.2, 0.25) is 5.41 Å². The first-order valence-corrected chi connectivity index (χ1v) is 21.0. The molecule has 12 heteroatoms. The number of phenolic OH excluding ortho intramolecular Hbond substituents is 6. The first-order valence-electron chi connectivity index (χ1n) is 21.0. The fourth-order valence-corrected chi connectivity index (χ4v) is 8.65. The minimum Gasteiger partial charge on any atom is -0.508 e. The highest BCUT2D eigenvalue weighted by Crippen LogP contribution is 2.56. The van der Waals surface area contributed by atoms with Crippen molar-refractivity contribution in [2.75, 3.05) is 0 Å². The van der Waals surface area contributed by atoms with E-state index in [1.165, 1.54) is 0 Å². The van der Waals surface area contributed by atoms with Crippen LogP contribution in [0.25, 0.3) is 54.2 Å². The number of alkyl halides is 6. The fraction of sp³-hybridized carbons (Fsp3) is 0.0714. The van der Waals surface area contributed by atoms with Gasteiger partial charge in [-0.1, -0.05) is 146 Å². The van der Waals surface area contributed by atoms with E-state index in [1.54, 1.807) is 24.3 Å². The van der Waals surface area contributed by atoms with E-state index in [1.807, 2.05) is 121 Å². The van der Waals surface area contributed by atoms with Crippen LogP contribution in [-0.2, 0) is 11.8 Å². The Labute approximate surface area is 385 Å². The van der Waals surface area contributed by atoms with Crippen molar-refractivity contribution in [1.82, 2.24) is 0 Å². The molecule has 0 radical (unpaired) electrons. The van der Waals surface area contributed by atoms with Gasteiger partial charge < -0.3 is 30.6 Å². The van der Waals surface area contributed by atoms with E-state index in [0.717, 1.165) is 78.5 Å². The Kier molecular flexibility index (Phi) is 12.5. The molecule has 0 bridgehead atoms. The molecule has 0 saturated heterocycles. The van der Waals surface area contributed by atoms with Crippen LogP contribution in [0.2, 0.25) is 0 Å². The summed E-state index contributed by atoms with van der Waals surface area (Å²) < 4.78 is 81.6. The van der Waals surface area contributed by atoms with Crippen LogP contribution < -0.4 is 0 Å². The topological polar surface area (TPSA) is 121 Å². The molecule has 0 unspecified atom stereocenters. The molecule has 0 atom stereocenters. The summed E-state index contributed by atoms with van der Waals surface area (Å²) in [5.41, 5.74) is -3.41. The predicted octanol–water partition coefficient (Wildman–Crippen LogP) is 14.6. The highest BCUT2D eigenvalue weighted by molar-refractivity contribution is 6.09. The molecule has 68 heavy (non-hydrogen) atoms. The van der Waals surface area contributed by atoms with Gasteiger partial charge in [-0.2, -0.15) is 26.3 Å². The Morgan fingerprint density at radius 1 is 0.294 bits per heavy atom. The van der Waals surface area contributed by atoms with Crippen LogP contribution in [-0.4, -0.2) is 43.0 Å². The molecule has 0 heterocycles. The van der Waals surface area contributed by atoms with Crippen LogP contribution >= 0.6 is 0 Å². The zero-order valence-corrected chi connectivity index (χ0v) is 35.6. The molecule has 0 aliphatic rings. The number of rotatable bonds is 5. The Bertz CT molecular complexity index is 3190. The Morgan fingerprint density at radius 2 is 0.574 bits per heavy atom. The number of hydrogen-bond acceptors (Lipinski definition) is 6. The van der Waals surface area contributed by atoms with Crippen molar-refractivity contribution in [2.45, 2.75) is 24.2 Å². The maximum atomic E-state index is 13.6. The van der Waals surface area contributed by atoms with Gasteiger partial charge in [0.1, 0.15) is 34.5 Å². The van der Waals surface area contributed by atoms with E-state index in [4.69, 9.17) is 10.2 Å². The van der Waals surface area contributed by atoms with Crippen molar-refractivity contribution < 1.29 is 57.0 Å². The molecule has 10 aromatic carbocycles. The number of fused-ring (bicyclic) bond motifs is 4. The molecule has 0 aliphatic carbocycles. The minimum atomic E-state index is -5.70. The molecular weight excluding hydrogens is 883 g/mol. The second-order valence-electron chi connectivity index (χ2n) is 15.9. The average molecular weight is 923 g/mol. The summed E-state index contributed by atoms with van der Waals surface area (Å²) in [6, 6.07) is 51.4. The lowest BCUT2D eigenvalue weighted by Gasteiger charge is -2.38. The van der Waals surface area contributed by atoms with E-state index in [0.29, 0.717) is 41.8 Å². The molecule has 0 saturated carbocycles. The van der Waals surface area contributed by atoms with Gasteiger partial charge in [-0.15, -0.1) is 0 Å². The third-order valence-electron chi connectivity index (χ3n) is 11.9. The smallest absolute Gasteiger partial charge is 0.411 e. The second-order valence-corrected chi connectivity index (χ2v) is 15.9. The SMILES string of the molecule is Oc1ccc(C(c2ccc(O)cc2)(C(F)(F)F)C(F)(F)F)cc1.Oc1ccc2ccccc2c1-c1c(O)ccc2ccccc12.Oc1ccc2ccccc2c1Cc1c(O)ccc2ccccc12. The third-order valence-corrected chi connectivity index (χ3v) is 11.9. The van der Waals surface area contributed by atoms with Gasteiger partial charge >= 0.3 is 12.4 Å². The quantitative estimate of drug-likeness (QED) is 0.0957.